The van der Waals surface area contributed by atoms with Gasteiger partial charge < -0.3 is 4.74 Å². The highest BCUT2D eigenvalue weighted by atomic mass is 32.2. The van der Waals surface area contributed by atoms with E-state index < -0.39 is 4.92 Å². The van der Waals surface area contributed by atoms with Crippen LogP contribution in [0.1, 0.15) is 0 Å². The number of hydrogen-bond donors (Lipinski definition) is 0. The third kappa shape index (κ3) is 2.09. The smallest absolute Gasteiger partial charge is 0.331 e. The molecule has 0 bridgehead atoms. The average molecular weight is 200 g/mol. The molecular weight excluding hydrogens is 192 g/mol. The number of ether oxygens (including phenoxy) is 1. The Labute approximate surface area is 79.3 Å². The summed E-state index contributed by atoms with van der Waals surface area (Å²) in [5, 5.41) is 11.2. The molecule has 1 heterocycles. The Hall–Kier alpha value is -1.30. The fourth-order valence-corrected chi connectivity index (χ4v) is 1.20. The molecule has 6 heteroatoms. The Morgan fingerprint density at radius 2 is 2.31 bits per heavy atom. The molecule has 0 saturated carbocycles. The standard InChI is InChI=1S/C7H8N2O3S/c1-12-7-5(9(10)11)3-4-6(8-7)13-2/h3-4H,1-2H3. The summed E-state index contributed by atoms with van der Waals surface area (Å²) in [5.41, 5.74) is -0.111. The van der Waals surface area contributed by atoms with Crippen molar-refractivity contribution in [3.63, 3.8) is 0 Å². The summed E-state index contributed by atoms with van der Waals surface area (Å²) in [4.78, 5) is 13.9. The number of thioether (sulfide) groups is 1. The molecule has 0 aliphatic rings. The fraction of sp³-hybridized carbons (Fsp3) is 0.286. The van der Waals surface area contributed by atoms with Crippen LogP contribution in [0.4, 0.5) is 5.69 Å². The molecule has 70 valence electrons. The third-order valence-corrected chi connectivity index (χ3v) is 2.06. The minimum atomic E-state index is -0.518. The van der Waals surface area contributed by atoms with Crippen molar-refractivity contribution in [2.24, 2.45) is 0 Å². The summed E-state index contributed by atoms with van der Waals surface area (Å²) < 4.78 is 4.78. The van der Waals surface area contributed by atoms with Gasteiger partial charge in [-0.05, 0) is 12.3 Å². The molecule has 0 unspecified atom stereocenters. The highest BCUT2D eigenvalue weighted by Crippen LogP contribution is 2.26. The maximum absolute atomic E-state index is 10.5. The van der Waals surface area contributed by atoms with E-state index >= 15 is 0 Å². The van der Waals surface area contributed by atoms with Gasteiger partial charge in [-0.25, -0.2) is 4.98 Å². The molecule has 0 fully saturated rings. The second kappa shape index (κ2) is 4.08. The van der Waals surface area contributed by atoms with E-state index in [1.54, 1.807) is 6.07 Å². The van der Waals surface area contributed by atoms with Crippen molar-refractivity contribution in [2.45, 2.75) is 5.03 Å². The monoisotopic (exact) mass is 200 g/mol. The molecule has 0 amide bonds. The molecule has 13 heavy (non-hydrogen) atoms. The van der Waals surface area contributed by atoms with Crippen molar-refractivity contribution >= 4 is 17.4 Å². The van der Waals surface area contributed by atoms with Crippen LogP contribution >= 0.6 is 11.8 Å². The lowest BCUT2D eigenvalue weighted by Gasteiger charge is -2.01. The van der Waals surface area contributed by atoms with Gasteiger partial charge in [-0.3, -0.25) is 10.1 Å². The van der Waals surface area contributed by atoms with E-state index in [1.807, 2.05) is 6.26 Å². The Balaban J connectivity index is 3.15. The molecule has 1 aromatic rings. The second-order valence-electron chi connectivity index (χ2n) is 2.14. The first-order valence-corrected chi connectivity index (χ1v) is 4.65. The molecule has 0 aliphatic heterocycles. The Morgan fingerprint density at radius 1 is 1.62 bits per heavy atom. The van der Waals surface area contributed by atoms with E-state index in [1.165, 1.54) is 24.9 Å². The lowest BCUT2D eigenvalue weighted by molar-refractivity contribution is -0.386. The molecule has 0 aliphatic carbocycles. The highest BCUT2D eigenvalue weighted by Gasteiger charge is 2.15. The third-order valence-electron chi connectivity index (χ3n) is 1.41. The zero-order valence-electron chi connectivity index (χ0n) is 7.18. The Bertz CT molecular complexity index is 330. The van der Waals surface area contributed by atoms with Crippen molar-refractivity contribution in [2.75, 3.05) is 13.4 Å². The van der Waals surface area contributed by atoms with Gasteiger partial charge in [-0.2, -0.15) is 0 Å². The number of rotatable bonds is 3. The zero-order chi connectivity index (χ0) is 9.84. The molecule has 0 N–H and O–H groups in total. The zero-order valence-corrected chi connectivity index (χ0v) is 8.00. The van der Waals surface area contributed by atoms with Gasteiger partial charge >= 0.3 is 5.69 Å². The van der Waals surface area contributed by atoms with Crippen molar-refractivity contribution in [1.82, 2.24) is 4.98 Å². The minimum Gasteiger partial charge on any atom is -0.476 e. The SMILES string of the molecule is COc1nc(SC)ccc1[N+](=O)[O-]. The molecule has 1 aromatic heterocycles. The fourth-order valence-electron chi connectivity index (χ4n) is 0.819. The Kier molecular flexibility index (Phi) is 3.07. The maximum Gasteiger partial charge on any atom is 0.331 e. The largest absolute Gasteiger partial charge is 0.476 e. The first-order chi connectivity index (χ1) is 6.19. The summed E-state index contributed by atoms with van der Waals surface area (Å²) in [5.74, 6) is 0.0526. The van der Waals surface area contributed by atoms with Crippen LogP contribution in [0.15, 0.2) is 17.2 Å². The van der Waals surface area contributed by atoms with Crippen LogP contribution in [-0.2, 0) is 0 Å². The summed E-state index contributed by atoms with van der Waals surface area (Å²) in [6.45, 7) is 0. The van der Waals surface area contributed by atoms with E-state index in [2.05, 4.69) is 4.98 Å². The normalized spacial score (nSPS) is 9.69. The van der Waals surface area contributed by atoms with E-state index in [-0.39, 0.29) is 11.6 Å². The van der Waals surface area contributed by atoms with Crippen LogP contribution in [-0.4, -0.2) is 23.3 Å². The van der Waals surface area contributed by atoms with Gasteiger partial charge in [0, 0.05) is 6.07 Å². The molecule has 0 saturated heterocycles. The predicted octanol–water partition coefficient (Wildman–Crippen LogP) is 1.72. The number of pyridine rings is 1. The number of nitro groups is 1. The van der Waals surface area contributed by atoms with Crippen LogP contribution in [0.25, 0.3) is 0 Å². The van der Waals surface area contributed by atoms with E-state index in [0.29, 0.717) is 5.03 Å². The topological polar surface area (TPSA) is 65.3 Å². The Morgan fingerprint density at radius 3 is 2.77 bits per heavy atom. The summed E-state index contributed by atoms with van der Waals surface area (Å²) >= 11 is 1.41. The van der Waals surface area contributed by atoms with Crippen LogP contribution in [0.2, 0.25) is 0 Å². The predicted molar refractivity (Wildman–Crippen MR) is 49.2 cm³/mol. The molecule has 0 atom stereocenters. The van der Waals surface area contributed by atoms with Crippen LogP contribution in [0, 0.1) is 10.1 Å². The van der Waals surface area contributed by atoms with Crippen LogP contribution < -0.4 is 4.74 Å². The first-order valence-electron chi connectivity index (χ1n) is 3.42. The lowest BCUT2D eigenvalue weighted by atomic mass is 10.4. The summed E-state index contributed by atoms with van der Waals surface area (Å²) in [6.07, 6.45) is 1.84. The van der Waals surface area contributed by atoms with Crippen LogP contribution in [0.5, 0.6) is 5.88 Å². The molecule has 0 spiro atoms. The van der Waals surface area contributed by atoms with Crippen molar-refractivity contribution in [3.8, 4) is 5.88 Å². The van der Waals surface area contributed by atoms with Crippen molar-refractivity contribution < 1.29 is 9.66 Å². The summed E-state index contributed by atoms with van der Waals surface area (Å²) in [7, 11) is 1.36. The maximum atomic E-state index is 10.5. The van der Waals surface area contributed by atoms with Crippen molar-refractivity contribution in [1.29, 1.82) is 0 Å². The summed E-state index contributed by atoms with van der Waals surface area (Å²) in [6, 6.07) is 2.98. The van der Waals surface area contributed by atoms with Gasteiger partial charge in [0.05, 0.1) is 12.0 Å². The number of aromatic nitrogens is 1. The molecule has 1 rings (SSSR count). The molecule has 5 nitrogen and oxygen atoms in total. The second-order valence-corrected chi connectivity index (χ2v) is 2.97. The van der Waals surface area contributed by atoms with Gasteiger partial charge in [-0.15, -0.1) is 11.8 Å². The van der Waals surface area contributed by atoms with Gasteiger partial charge in [-0.1, -0.05) is 0 Å². The molecule has 0 radical (unpaired) electrons. The van der Waals surface area contributed by atoms with Gasteiger partial charge in [0.1, 0.15) is 5.03 Å². The highest BCUT2D eigenvalue weighted by molar-refractivity contribution is 7.98. The molecule has 0 aromatic carbocycles. The average Bonchev–Trinajstić information content (AvgIpc) is 2.16. The van der Waals surface area contributed by atoms with E-state index in [9.17, 15) is 10.1 Å². The van der Waals surface area contributed by atoms with Crippen LogP contribution in [0.3, 0.4) is 0 Å². The van der Waals surface area contributed by atoms with E-state index in [4.69, 9.17) is 4.74 Å². The number of hydrogen-bond acceptors (Lipinski definition) is 5. The minimum absolute atomic E-state index is 0.0526. The quantitative estimate of drug-likeness (QED) is 0.422. The molecular formula is C7H8N2O3S. The van der Waals surface area contributed by atoms with Gasteiger partial charge in [0.15, 0.2) is 0 Å². The van der Waals surface area contributed by atoms with Gasteiger partial charge in [0.2, 0.25) is 0 Å². The lowest BCUT2D eigenvalue weighted by Crippen LogP contribution is -1.96. The van der Waals surface area contributed by atoms with Gasteiger partial charge in [0.25, 0.3) is 5.88 Å². The first kappa shape index (κ1) is 9.79. The van der Waals surface area contributed by atoms with E-state index in [0.717, 1.165) is 0 Å². The van der Waals surface area contributed by atoms with Crippen molar-refractivity contribution in [3.05, 3.63) is 22.2 Å². The number of methoxy groups -OCH3 is 1. The number of nitrogens with zero attached hydrogens (tertiary/aromatic N) is 2.